The summed E-state index contributed by atoms with van der Waals surface area (Å²) in [6.07, 6.45) is 0. The normalized spacial score (nSPS) is 12.9. The Hall–Kier alpha value is -1.73. The fourth-order valence-corrected chi connectivity index (χ4v) is 3.24. The van der Waals surface area contributed by atoms with Gasteiger partial charge in [0.25, 0.3) is 0 Å². The number of rotatable bonds is 8. The summed E-state index contributed by atoms with van der Waals surface area (Å²) in [6, 6.07) is 6.45. The van der Waals surface area contributed by atoms with Crippen molar-refractivity contribution in [1.82, 2.24) is 4.90 Å². The molecule has 0 saturated heterocycles. The molecule has 0 bridgehead atoms. The average Bonchev–Trinajstić information content (AvgIpc) is 2.46. The lowest BCUT2D eigenvalue weighted by molar-refractivity contribution is -0.117. The molecule has 0 heterocycles. The number of nitrogens with zero attached hydrogens (tertiary/aromatic N) is 1. The second kappa shape index (κ2) is 8.21. The highest BCUT2D eigenvalue weighted by atomic mass is 32.2. The van der Waals surface area contributed by atoms with Crippen LogP contribution >= 0.6 is 0 Å². The summed E-state index contributed by atoms with van der Waals surface area (Å²) < 4.78 is 23.3. The van der Waals surface area contributed by atoms with E-state index in [9.17, 15) is 18.0 Å². The van der Waals surface area contributed by atoms with E-state index in [-0.39, 0.29) is 35.8 Å². The molecule has 1 rings (SSSR count). The minimum Gasteiger partial charge on any atom is -0.325 e. The Balaban J connectivity index is 2.62. The first-order valence-electron chi connectivity index (χ1n) is 7.46. The number of hydrogen-bond acceptors (Lipinski definition) is 5. The molecule has 7 heteroatoms. The van der Waals surface area contributed by atoms with E-state index in [0.717, 1.165) is 0 Å². The third kappa shape index (κ3) is 6.50. The molecule has 1 aromatic carbocycles. The first-order chi connectivity index (χ1) is 10.6. The zero-order chi connectivity index (χ0) is 17.6. The Morgan fingerprint density at radius 3 is 2.52 bits per heavy atom. The maximum Gasteiger partial charge on any atom is 0.238 e. The van der Waals surface area contributed by atoms with E-state index in [1.807, 2.05) is 0 Å². The third-order valence-electron chi connectivity index (χ3n) is 3.63. The highest BCUT2D eigenvalue weighted by Gasteiger charge is 2.19. The van der Waals surface area contributed by atoms with Crippen LogP contribution in [0.15, 0.2) is 24.3 Å². The van der Waals surface area contributed by atoms with Gasteiger partial charge in [-0.05, 0) is 33.0 Å². The predicted molar refractivity (Wildman–Crippen MR) is 91.5 cm³/mol. The van der Waals surface area contributed by atoms with Crippen LogP contribution in [0.2, 0.25) is 0 Å². The van der Waals surface area contributed by atoms with E-state index in [1.165, 1.54) is 6.92 Å². The summed E-state index contributed by atoms with van der Waals surface area (Å²) in [6.45, 7) is 4.92. The van der Waals surface area contributed by atoms with Gasteiger partial charge in [-0.2, -0.15) is 0 Å². The van der Waals surface area contributed by atoms with Crippen molar-refractivity contribution in [3.05, 3.63) is 29.8 Å². The number of carbonyl (C=O) groups excluding carboxylic acids is 2. The van der Waals surface area contributed by atoms with Gasteiger partial charge in [0.05, 0.1) is 12.3 Å². The Morgan fingerprint density at radius 1 is 1.30 bits per heavy atom. The van der Waals surface area contributed by atoms with Crippen LogP contribution in [0.5, 0.6) is 0 Å². The molecule has 0 radical (unpaired) electrons. The molecular formula is C16H24N2O4S. The minimum atomic E-state index is -3.08. The number of anilines is 1. The Bertz CT molecular complexity index is 670. The van der Waals surface area contributed by atoms with E-state index in [1.54, 1.807) is 50.1 Å². The van der Waals surface area contributed by atoms with Crippen LogP contribution in [-0.2, 0) is 14.6 Å². The van der Waals surface area contributed by atoms with Gasteiger partial charge in [-0.25, -0.2) is 8.42 Å². The Labute approximate surface area is 137 Å². The van der Waals surface area contributed by atoms with Gasteiger partial charge in [0.15, 0.2) is 15.6 Å². The topological polar surface area (TPSA) is 83.6 Å². The van der Waals surface area contributed by atoms with Crippen LogP contribution in [0, 0.1) is 0 Å². The number of ketones is 1. The number of sulfone groups is 1. The van der Waals surface area contributed by atoms with Gasteiger partial charge >= 0.3 is 0 Å². The fraction of sp³-hybridized carbons (Fsp3) is 0.500. The minimum absolute atomic E-state index is 0.0209. The lowest BCUT2D eigenvalue weighted by Crippen LogP contribution is -2.40. The number of benzene rings is 1. The molecule has 128 valence electrons. The summed E-state index contributed by atoms with van der Waals surface area (Å²) in [5.41, 5.74) is 1.07. The summed E-state index contributed by atoms with van der Waals surface area (Å²) in [7, 11) is -1.37. The van der Waals surface area contributed by atoms with Crippen LogP contribution in [0.3, 0.4) is 0 Å². The largest absolute Gasteiger partial charge is 0.325 e. The molecule has 6 nitrogen and oxygen atoms in total. The molecule has 1 unspecified atom stereocenters. The predicted octanol–water partition coefficient (Wildman–Crippen LogP) is 1.58. The van der Waals surface area contributed by atoms with Crippen LogP contribution in [-0.4, -0.2) is 56.1 Å². The van der Waals surface area contributed by atoms with Gasteiger partial charge in [0, 0.05) is 23.0 Å². The highest BCUT2D eigenvalue weighted by Crippen LogP contribution is 2.11. The van der Waals surface area contributed by atoms with Crippen molar-refractivity contribution in [3.63, 3.8) is 0 Å². The number of Topliss-reactive ketones (excluding diaryl/α,β-unsaturated/α-hetero) is 1. The van der Waals surface area contributed by atoms with Gasteiger partial charge < -0.3 is 5.32 Å². The molecule has 1 amide bonds. The molecule has 1 atom stereocenters. The molecule has 0 spiro atoms. The van der Waals surface area contributed by atoms with Crippen molar-refractivity contribution < 1.29 is 18.0 Å². The molecule has 23 heavy (non-hydrogen) atoms. The number of nitrogens with one attached hydrogen (secondary N) is 1. The highest BCUT2D eigenvalue weighted by molar-refractivity contribution is 7.91. The number of amides is 1. The van der Waals surface area contributed by atoms with Crippen molar-refractivity contribution in [1.29, 1.82) is 0 Å². The molecule has 0 aliphatic rings. The third-order valence-corrected chi connectivity index (χ3v) is 5.50. The van der Waals surface area contributed by atoms with Crippen molar-refractivity contribution in [2.45, 2.75) is 26.8 Å². The first-order valence-corrected chi connectivity index (χ1v) is 9.28. The lowest BCUT2D eigenvalue weighted by atomic mass is 10.1. The fourth-order valence-electron chi connectivity index (χ4n) is 2.01. The zero-order valence-corrected chi connectivity index (χ0v) is 14.8. The molecule has 1 aromatic rings. The molecular weight excluding hydrogens is 316 g/mol. The van der Waals surface area contributed by atoms with Crippen LogP contribution in [0.1, 0.15) is 31.1 Å². The van der Waals surface area contributed by atoms with Gasteiger partial charge in [0.2, 0.25) is 5.91 Å². The average molecular weight is 340 g/mol. The van der Waals surface area contributed by atoms with Crippen LogP contribution in [0.4, 0.5) is 5.69 Å². The number of likely N-dealkylation sites (N-methyl/N-ethyl adjacent to an activating group) is 1. The molecule has 0 aromatic heterocycles. The first kappa shape index (κ1) is 19.3. The number of carbonyl (C=O) groups is 2. The molecule has 0 aliphatic heterocycles. The molecule has 0 aliphatic carbocycles. The van der Waals surface area contributed by atoms with E-state index in [4.69, 9.17) is 0 Å². The maximum atomic E-state index is 12.1. The maximum absolute atomic E-state index is 12.1. The monoisotopic (exact) mass is 340 g/mol. The van der Waals surface area contributed by atoms with Gasteiger partial charge in [-0.15, -0.1) is 0 Å². The van der Waals surface area contributed by atoms with Gasteiger partial charge in [0.1, 0.15) is 0 Å². The van der Waals surface area contributed by atoms with Crippen molar-refractivity contribution in [2.24, 2.45) is 0 Å². The quantitative estimate of drug-likeness (QED) is 0.727. The Morgan fingerprint density at radius 2 is 1.96 bits per heavy atom. The summed E-state index contributed by atoms with van der Waals surface area (Å²) in [4.78, 5) is 25.1. The van der Waals surface area contributed by atoms with Gasteiger partial charge in [-0.1, -0.05) is 19.1 Å². The Kier molecular flexibility index (Phi) is 6.90. The molecule has 1 N–H and O–H groups in total. The van der Waals surface area contributed by atoms with Crippen LogP contribution in [0.25, 0.3) is 0 Å². The summed E-state index contributed by atoms with van der Waals surface area (Å²) in [5.74, 6) is -0.215. The van der Waals surface area contributed by atoms with E-state index >= 15 is 0 Å². The smallest absolute Gasteiger partial charge is 0.238 e. The van der Waals surface area contributed by atoms with Crippen molar-refractivity contribution in [2.75, 3.05) is 30.4 Å². The molecule has 0 fully saturated rings. The van der Waals surface area contributed by atoms with Gasteiger partial charge in [-0.3, -0.25) is 14.5 Å². The van der Waals surface area contributed by atoms with E-state index < -0.39 is 9.84 Å². The molecule has 0 saturated carbocycles. The number of hydrogen-bond donors (Lipinski definition) is 1. The summed E-state index contributed by atoms with van der Waals surface area (Å²) >= 11 is 0. The van der Waals surface area contributed by atoms with Crippen molar-refractivity contribution in [3.8, 4) is 0 Å². The van der Waals surface area contributed by atoms with Crippen LogP contribution < -0.4 is 5.32 Å². The zero-order valence-electron chi connectivity index (χ0n) is 14.0. The SMILES string of the molecule is CCS(=O)(=O)CC(C)N(C)CC(=O)Nc1cccc(C(C)=O)c1. The van der Waals surface area contributed by atoms with E-state index in [2.05, 4.69) is 5.32 Å². The summed E-state index contributed by atoms with van der Waals surface area (Å²) in [5, 5.41) is 2.72. The standard InChI is InChI=1S/C16H24N2O4S/c1-5-23(21,22)11-12(2)18(4)10-16(20)17-15-8-6-7-14(9-15)13(3)19/h6-9,12H,5,10-11H2,1-4H3,(H,17,20). The second-order valence-corrected chi connectivity index (χ2v) is 8.05. The van der Waals surface area contributed by atoms with Crippen molar-refractivity contribution >= 4 is 27.2 Å². The second-order valence-electron chi connectivity index (χ2n) is 5.65. The van der Waals surface area contributed by atoms with E-state index in [0.29, 0.717) is 11.3 Å². The lowest BCUT2D eigenvalue weighted by Gasteiger charge is -2.23.